The standard InChI is InChI=1S/C12H12F4O2/c1-7(17)8-3-9(14)5-10(4-8)18-12(2,6-13)11(15)16/h3-5,11H,6H2,1-2H3. The Kier molecular flexibility index (Phi) is 4.32. The lowest BCUT2D eigenvalue weighted by atomic mass is 10.1. The van der Waals surface area contributed by atoms with Crippen molar-refractivity contribution in [3.63, 3.8) is 0 Å². The van der Waals surface area contributed by atoms with E-state index >= 15 is 0 Å². The molecule has 0 radical (unpaired) electrons. The number of hydrogen-bond donors (Lipinski definition) is 0. The van der Waals surface area contributed by atoms with Crippen LogP contribution in [-0.2, 0) is 0 Å². The molecule has 0 fully saturated rings. The van der Waals surface area contributed by atoms with Crippen molar-refractivity contribution < 1.29 is 27.1 Å². The molecule has 0 aliphatic rings. The molecule has 0 bridgehead atoms. The summed E-state index contributed by atoms with van der Waals surface area (Å²) in [6.45, 7) is 0.632. The summed E-state index contributed by atoms with van der Waals surface area (Å²) in [6, 6.07) is 2.87. The maximum Gasteiger partial charge on any atom is 0.279 e. The molecule has 0 saturated carbocycles. The van der Waals surface area contributed by atoms with Crippen molar-refractivity contribution in [2.24, 2.45) is 0 Å². The third kappa shape index (κ3) is 3.21. The minimum absolute atomic E-state index is 0.0273. The number of ether oxygens (including phenoxy) is 1. The highest BCUT2D eigenvalue weighted by atomic mass is 19.3. The number of carbonyl (C=O) groups excluding carboxylic acids is 1. The van der Waals surface area contributed by atoms with E-state index in [2.05, 4.69) is 0 Å². The van der Waals surface area contributed by atoms with Crippen LogP contribution >= 0.6 is 0 Å². The molecule has 100 valence electrons. The van der Waals surface area contributed by atoms with E-state index in [0.29, 0.717) is 0 Å². The molecule has 0 aliphatic carbocycles. The first-order valence-corrected chi connectivity index (χ1v) is 5.13. The average molecular weight is 264 g/mol. The number of Topliss-reactive ketones (excluding diaryl/α,β-unsaturated/α-hetero) is 1. The van der Waals surface area contributed by atoms with E-state index in [4.69, 9.17) is 4.74 Å². The van der Waals surface area contributed by atoms with E-state index in [1.807, 2.05) is 0 Å². The zero-order valence-electron chi connectivity index (χ0n) is 9.84. The molecule has 0 spiro atoms. The number of rotatable bonds is 5. The number of ketones is 1. The van der Waals surface area contributed by atoms with Crippen molar-refractivity contribution >= 4 is 5.78 Å². The summed E-state index contributed by atoms with van der Waals surface area (Å²) in [7, 11) is 0. The number of carbonyl (C=O) groups is 1. The first-order valence-electron chi connectivity index (χ1n) is 5.13. The molecule has 1 rings (SSSR count). The molecule has 0 heterocycles. The Morgan fingerprint density at radius 3 is 2.44 bits per heavy atom. The predicted molar refractivity (Wildman–Crippen MR) is 57.4 cm³/mol. The summed E-state index contributed by atoms with van der Waals surface area (Å²) in [5, 5.41) is 0. The molecule has 0 aromatic heterocycles. The Bertz CT molecular complexity index is 448. The van der Waals surface area contributed by atoms with E-state index in [0.717, 1.165) is 25.1 Å². The van der Waals surface area contributed by atoms with Crippen LogP contribution in [0.4, 0.5) is 17.6 Å². The lowest BCUT2D eigenvalue weighted by Gasteiger charge is -2.26. The summed E-state index contributed by atoms with van der Waals surface area (Å²) < 4.78 is 55.7. The van der Waals surface area contributed by atoms with E-state index in [-0.39, 0.29) is 11.3 Å². The second kappa shape index (κ2) is 5.37. The van der Waals surface area contributed by atoms with Gasteiger partial charge in [0.2, 0.25) is 0 Å². The third-order valence-corrected chi connectivity index (χ3v) is 2.36. The molecule has 2 nitrogen and oxygen atoms in total. The maximum atomic E-state index is 13.2. The van der Waals surface area contributed by atoms with Crippen molar-refractivity contribution in [3.8, 4) is 5.75 Å². The van der Waals surface area contributed by atoms with E-state index in [1.54, 1.807) is 0 Å². The van der Waals surface area contributed by atoms with Crippen molar-refractivity contribution in [3.05, 3.63) is 29.6 Å². The van der Waals surface area contributed by atoms with Gasteiger partial charge in [-0.15, -0.1) is 0 Å². The molecule has 6 heteroatoms. The minimum Gasteiger partial charge on any atom is -0.479 e. The van der Waals surface area contributed by atoms with Gasteiger partial charge in [-0.05, 0) is 26.0 Å². The van der Waals surface area contributed by atoms with Crippen molar-refractivity contribution in [1.82, 2.24) is 0 Å². The number of hydrogen-bond acceptors (Lipinski definition) is 2. The van der Waals surface area contributed by atoms with Crippen LogP contribution in [0.25, 0.3) is 0 Å². The zero-order valence-corrected chi connectivity index (χ0v) is 9.84. The Balaban J connectivity index is 3.07. The summed E-state index contributed by atoms with van der Waals surface area (Å²) in [5.41, 5.74) is -2.39. The largest absolute Gasteiger partial charge is 0.479 e. The highest BCUT2D eigenvalue weighted by molar-refractivity contribution is 5.94. The van der Waals surface area contributed by atoms with Crippen molar-refractivity contribution in [1.29, 1.82) is 0 Å². The van der Waals surface area contributed by atoms with Crippen LogP contribution in [-0.4, -0.2) is 24.5 Å². The molecule has 0 N–H and O–H groups in total. The van der Waals surface area contributed by atoms with Crippen LogP contribution in [0.1, 0.15) is 24.2 Å². The smallest absolute Gasteiger partial charge is 0.279 e. The normalized spacial score (nSPS) is 14.4. The van der Waals surface area contributed by atoms with Gasteiger partial charge in [-0.1, -0.05) is 0 Å². The molecule has 0 saturated heterocycles. The van der Waals surface area contributed by atoms with Gasteiger partial charge in [-0.25, -0.2) is 17.6 Å². The maximum absolute atomic E-state index is 13.2. The number of benzene rings is 1. The molecular formula is C12H12F4O2. The average Bonchev–Trinajstić information content (AvgIpc) is 2.27. The molecule has 1 aromatic carbocycles. The first-order chi connectivity index (χ1) is 8.28. The lowest BCUT2D eigenvalue weighted by molar-refractivity contribution is -0.0765. The van der Waals surface area contributed by atoms with E-state index in [1.165, 1.54) is 6.92 Å². The molecule has 1 aromatic rings. The fourth-order valence-electron chi connectivity index (χ4n) is 1.22. The van der Waals surface area contributed by atoms with Gasteiger partial charge < -0.3 is 4.74 Å². The Morgan fingerprint density at radius 2 is 2.00 bits per heavy atom. The number of halogens is 4. The third-order valence-electron chi connectivity index (χ3n) is 2.36. The van der Waals surface area contributed by atoms with Gasteiger partial charge >= 0.3 is 0 Å². The van der Waals surface area contributed by atoms with Gasteiger partial charge in [0.25, 0.3) is 6.43 Å². The first kappa shape index (κ1) is 14.5. The van der Waals surface area contributed by atoms with Gasteiger partial charge in [0.1, 0.15) is 18.2 Å². The number of alkyl halides is 3. The quantitative estimate of drug-likeness (QED) is 0.602. The lowest BCUT2D eigenvalue weighted by Crippen LogP contribution is -2.42. The van der Waals surface area contributed by atoms with Crippen molar-refractivity contribution in [2.75, 3.05) is 6.67 Å². The van der Waals surface area contributed by atoms with Gasteiger partial charge in [0, 0.05) is 11.6 Å². The monoisotopic (exact) mass is 264 g/mol. The fourth-order valence-corrected chi connectivity index (χ4v) is 1.22. The van der Waals surface area contributed by atoms with Crippen LogP contribution in [0.5, 0.6) is 5.75 Å². The molecule has 0 amide bonds. The Labute approximate surface area is 102 Å². The zero-order chi connectivity index (χ0) is 13.9. The second-order valence-electron chi connectivity index (χ2n) is 4.08. The SMILES string of the molecule is CC(=O)c1cc(F)cc(OC(C)(CF)C(F)F)c1. The van der Waals surface area contributed by atoms with E-state index < -0.39 is 30.3 Å². The van der Waals surface area contributed by atoms with Gasteiger partial charge in [0.05, 0.1) is 0 Å². The van der Waals surface area contributed by atoms with Crippen LogP contribution in [0, 0.1) is 5.82 Å². The highest BCUT2D eigenvalue weighted by Gasteiger charge is 2.38. The minimum atomic E-state index is -3.08. The van der Waals surface area contributed by atoms with Crippen LogP contribution in [0.2, 0.25) is 0 Å². The molecule has 0 aliphatic heterocycles. The van der Waals surface area contributed by atoms with Gasteiger partial charge in [-0.2, -0.15) is 0 Å². The fraction of sp³-hybridized carbons (Fsp3) is 0.417. The van der Waals surface area contributed by atoms with Crippen LogP contribution < -0.4 is 4.74 Å². The highest BCUT2D eigenvalue weighted by Crippen LogP contribution is 2.26. The predicted octanol–water partition coefficient (Wildman–Crippen LogP) is 3.40. The van der Waals surface area contributed by atoms with Crippen LogP contribution in [0.3, 0.4) is 0 Å². The molecule has 1 atom stereocenters. The summed E-state index contributed by atoms with van der Waals surface area (Å²) in [6.07, 6.45) is -3.08. The van der Waals surface area contributed by atoms with E-state index in [9.17, 15) is 22.4 Å². The second-order valence-corrected chi connectivity index (χ2v) is 4.08. The van der Waals surface area contributed by atoms with Gasteiger partial charge in [-0.3, -0.25) is 4.79 Å². The van der Waals surface area contributed by atoms with Crippen molar-refractivity contribution in [2.45, 2.75) is 25.9 Å². The Hall–Kier alpha value is -1.59. The van der Waals surface area contributed by atoms with Gasteiger partial charge in [0.15, 0.2) is 11.4 Å². The molecular weight excluding hydrogens is 252 g/mol. The summed E-state index contributed by atoms with van der Waals surface area (Å²) >= 11 is 0. The molecule has 1 unspecified atom stereocenters. The molecule has 18 heavy (non-hydrogen) atoms. The Morgan fingerprint density at radius 1 is 1.39 bits per heavy atom. The topological polar surface area (TPSA) is 26.3 Å². The summed E-state index contributed by atoms with van der Waals surface area (Å²) in [5.74, 6) is -1.56. The van der Waals surface area contributed by atoms with Crippen LogP contribution in [0.15, 0.2) is 18.2 Å². The summed E-state index contributed by atoms with van der Waals surface area (Å²) in [4.78, 5) is 11.1.